The van der Waals surface area contributed by atoms with E-state index in [4.69, 9.17) is 6.58 Å². The van der Waals surface area contributed by atoms with Gasteiger partial charge in [-0.05, 0) is 94.9 Å². The van der Waals surface area contributed by atoms with Gasteiger partial charge in [-0.25, -0.2) is 4.39 Å². The highest BCUT2D eigenvalue weighted by molar-refractivity contribution is 7.26. The second kappa shape index (κ2) is 14.3. The Morgan fingerprint density at radius 3 is 2.32 bits per heavy atom. The summed E-state index contributed by atoms with van der Waals surface area (Å²) < 4.78 is 25.3. The lowest BCUT2D eigenvalue weighted by molar-refractivity contribution is -0.723. The molecule has 2 aliphatic heterocycles. The van der Waals surface area contributed by atoms with Gasteiger partial charge in [-0.15, -0.1) is 11.3 Å². The van der Waals surface area contributed by atoms with Crippen molar-refractivity contribution in [2.24, 2.45) is 0 Å². The van der Waals surface area contributed by atoms with Gasteiger partial charge in [0.15, 0.2) is 22.9 Å². The smallest absolute Gasteiger partial charge is 0.206 e. The van der Waals surface area contributed by atoms with Crippen molar-refractivity contribution >= 4 is 83.0 Å². The van der Waals surface area contributed by atoms with Gasteiger partial charge in [-0.1, -0.05) is 141 Å². The number of halogens is 1. The van der Waals surface area contributed by atoms with Gasteiger partial charge in [0.1, 0.15) is 11.5 Å². The predicted molar refractivity (Wildman–Crippen MR) is 273 cm³/mol. The average molecular weight is 876 g/mol. The molecule has 0 N–H and O–H groups in total. The van der Waals surface area contributed by atoms with Crippen molar-refractivity contribution in [2.75, 3.05) is 0 Å². The quantitative estimate of drug-likeness (QED) is 0.124. The van der Waals surface area contributed by atoms with E-state index in [1.165, 1.54) is 64.1 Å². The average Bonchev–Trinajstić information content (AvgIpc) is 3.88. The molecule has 0 bridgehead atoms. The van der Waals surface area contributed by atoms with Gasteiger partial charge < -0.3 is 0 Å². The van der Waals surface area contributed by atoms with Gasteiger partial charge in [-0.3, -0.25) is 0 Å². The van der Waals surface area contributed by atoms with Crippen LogP contribution in [-0.2, 0) is 6.42 Å². The highest BCUT2D eigenvalue weighted by Crippen LogP contribution is 2.49. The van der Waals surface area contributed by atoms with Gasteiger partial charge in [0.25, 0.3) is 0 Å². The number of fused-ring (bicyclic) bond motifs is 17. The molecule has 0 aliphatic carbocycles. The Morgan fingerprint density at radius 1 is 0.677 bits per heavy atom. The maximum atomic E-state index is 15.1. The number of rotatable bonds is 3. The Kier molecular flexibility index (Phi) is 8.43. The fourth-order valence-electron chi connectivity index (χ4n) is 11.3. The number of imidazole rings is 1. The number of nitrogens with zero attached hydrogens (tertiary/aromatic N) is 3. The molecule has 0 spiro atoms. The molecule has 0 fully saturated rings. The Hall–Kier alpha value is -6.99. The van der Waals surface area contributed by atoms with Crippen LogP contribution in [0.3, 0.4) is 0 Å². The van der Waals surface area contributed by atoms with Crippen LogP contribution in [0.2, 0.25) is 19.6 Å². The van der Waals surface area contributed by atoms with Crippen LogP contribution in [0.5, 0.6) is 0 Å². The van der Waals surface area contributed by atoms with Crippen molar-refractivity contribution in [3.05, 3.63) is 200 Å². The van der Waals surface area contributed by atoms with Gasteiger partial charge in [0.2, 0.25) is 11.7 Å². The van der Waals surface area contributed by atoms with E-state index in [0.717, 1.165) is 57.6 Å². The summed E-state index contributed by atoms with van der Waals surface area (Å²) in [5, 5.41) is 7.86. The maximum absolute atomic E-state index is 15.1. The van der Waals surface area contributed by atoms with Crippen molar-refractivity contribution in [1.29, 1.82) is 0 Å². The minimum atomic E-state index is -1.69. The molecule has 2 aliphatic rings. The summed E-state index contributed by atoms with van der Waals surface area (Å²) >= 11 is 1.88. The molecule has 2 unspecified atom stereocenters. The largest absolute Gasteiger partial charge is 0.302 e. The maximum Gasteiger partial charge on any atom is 0.302 e. The molecule has 2 atom stereocenters. The molecule has 0 amide bonds. The predicted octanol–water partition coefficient (Wildman–Crippen LogP) is 14.3. The van der Waals surface area contributed by atoms with Crippen LogP contribution in [0, 0.1) is 5.82 Å². The molecular weight excluding hydrogens is 830 g/mol. The first-order valence-corrected chi connectivity index (χ1v) is 27.1. The van der Waals surface area contributed by atoms with E-state index in [2.05, 4.69) is 173 Å². The highest BCUT2D eigenvalue weighted by Gasteiger charge is 2.48. The molecule has 0 radical (unpaired) electrons. The summed E-state index contributed by atoms with van der Waals surface area (Å²) in [4.78, 5) is 0. The Morgan fingerprint density at radius 2 is 1.45 bits per heavy atom. The van der Waals surface area contributed by atoms with E-state index >= 15 is 4.39 Å². The summed E-state index contributed by atoms with van der Waals surface area (Å²) in [7, 11) is -1.69. The third-order valence-corrected chi connectivity index (χ3v) is 17.7. The summed E-state index contributed by atoms with van der Waals surface area (Å²) in [6.45, 7) is 12.6. The number of pyridine rings is 1. The SMILES string of the molecule is C=C1C2C(CCc3ccc4c(sc5ccc(-c6ccc(F)c7ccccc67)cc54)c3-c3n(-c4cccc5ccccc45)c4ccccc4[n+]31)c1ccccc1-c1ccc([Si](C)(C)C)c[n+]12. The molecule has 13 rings (SSSR count). The van der Waals surface area contributed by atoms with Gasteiger partial charge >= 0.3 is 5.82 Å². The lowest BCUT2D eigenvalue weighted by atomic mass is 9.78. The summed E-state index contributed by atoms with van der Waals surface area (Å²) in [5.74, 6) is 1.12. The zero-order chi connectivity index (χ0) is 43.7. The minimum absolute atomic E-state index is 0.0352. The van der Waals surface area contributed by atoms with Crippen molar-refractivity contribution < 1.29 is 13.5 Å². The van der Waals surface area contributed by atoms with E-state index in [-0.39, 0.29) is 17.8 Å². The van der Waals surface area contributed by atoms with Crippen LogP contribution in [0.1, 0.15) is 29.5 Å². The third kappa shape index (κ3) is 5.70. The number of para-hydroxylation sites is 2. The second-order valence-corrected chi connectivity index (χ2v) is 25.2. The monoisotopic (exact) mass is 875 g/mol. The summed E-state index contributed by atoms with van der Waals surface area (Å²) in [6, 6.07) is 61.3. The lowest BCUT2D eigenvalue weighted by Crippen LogP contribution is -2.56. The van der Waals surface area contributed by atoms with Crippen LogP contribution in [0.25, 0.3) is 97.9 Å². The van der Waals surface area contributed by atoms with E-state index < -0.39 is 8.07 Å². The Bertz CT molecular complexity index is 3830. The fraction of sp³-hybridized carbons (Fsp3) is 0.119. The number of allylic oxidation sites excluding steroid dienone is 1. The summed E-state index contributed by atoms with van der Waals surface area (Å²) in [5.41, 5.74) is 13.2. The first-order chi connectivity index (χ1) is 31.7. The topological polar surface area (TPSA) is 12.7 Å². The Labute approximate surface area is 382 Å². The molecule has 6 heteroatoms. The van der Waals surface area contributed by atoms with E-state index in [1.54, 1.807) is 6.07 Å². The molecule has 312 valence electrons. The number of thiophene rings is 1. The zero-order valence-electron chi connectivity index (χ0n) is 36.6. The lowest BCUT2D eigenvalue weighted by Gasteiger charge is -2.31. The molecule has 65 heavy (non-hydrogen) atoms. The Balaban J connectivity index is 1.15. The van der Waals surface area contributed by atoms with Crippen LogP contribution < -0.4 is 14.3 Å². The summed E-state index contributed by atoms with van der Waals surface area (Å²) in [6.07, 6.45) is 4.35. The number of aryl methyl sites for hydroxylation is 1. The van der Waals surface area contributed by atoms with Crippen molar-refractivity contribution in [3.63, 3.8) is 0 Å². The van der Waals surface area contributed by atoms with Crippen LogP contribution in [0.15, 0.2) is 183 Å². The minimum Gasteiger partial charge on any atom is -0.206 e. The van der Waals surface area contributed by atoms with Gasteiger partial charge in [-0.2, -0.15) is 13.7 Å². The zero-order valence-corrected chi connectivity index (χ0v) is 38.5. The van der Waals surface area contributed by atoms with E-state index in [0.29, 0.717) is 5.39 Å². The molecule has 3 nitrogen and oxygen atoms in total. The number of hydrogen-bond donors (Lipinski definition) is 0. The number of hydrogen-bond acceptors (Lipinski definition) is 1. The fourth-order valence-corrected chi connectivity index (χ4v) is 13.7. The van der Waals surface area contributed by atoms with Crippen molar-refractivity contribution in [2.45, 2.75) is 44.4 Å². The first kappa shape index (κ1) is 38.5. The van der Waals surface area contributed by atoms with E-state index in [1.807, 2.05) is 41.7 Å². The molecule has 11 aromatic rings. The van der Waals surface area contributed by atoms with Crippen molar-refractivity contribution in [3.8, 4) is 39.5 Å². The number of aromatic nitrogens is 3. The van der Waals surface area contributed by atoms with Gasteiger partial charge in [0.05, 0.1) is 24.3 Å². The third-order valence-electron chi connectivity index (χ3n) is 14.4. The molecule has 0 saturated heterocycles. The molecule has 3 aromatic heterocycles. The van der Waals surface area contributed by atoms with Crippen molar-refractivity contribution in [1.82, 2.24) is 4.57 Å². The highest BCUT2D eigenvalue weighted by atomic mass is 32.1. The molecular formula is C59H46FN3SSi+2. The standard InChI is InChI=1S/C59H46FN3SSi/c1-36-57-47(44-18-8-10-20-46(44)51-32-27-40(35-61(51)57)65(2,3)4)28-24-38-25-29-48-49-34-39(41-30-31-50(60)45-19-9-7-17-43(41)45)26-33-55(49)64-58(48)56(38)59-62(36)53-21-11-12-22-54(53)63(59)52-23-13-15-37-14-5-6-16-42(37)52/h5-23,25-27,29-35,47,57H,1,24,28H2,2-4H3/q+2. The van der Waals surface area contributed by atoms with Gasteiger partial charge in [0, 0.05) is 43.1 Å². The first-order valence-electron chi connectivity index (χ1n) is 22.8. The molecule has 0 saturated carbocycles. The second-order valence-electron chi connectivity index (χ2n) is 19.0. The van der Waals surface area contributed by atoms with E-state index in [9.17, 15) is 0 Å². The molecule has 8 aromatic carbocycles. The number of benzene rings is 8. The van der Waals surface area contributed by atoms with Crippen LogP contribution >= 0.6 is 11.3 Å². The van der Waals surface area contributed by atoms with Crippen LogP contribution in [0.4, 0.5) is 4.39 Å². The normalized spacial score (nSPS) is 15.9. The van der Waals surface area contributed by atoms with Crippen LogP contribution in [-0.4, -0.2) is 12.6 Å². The molecule has 5 heterocycles.